The molecular weight excluding hydrogens is 296 g/mol. The molecule has 1 aliphatic heterocycles. The lowest BCUT2D eigenvalue weighted by Crippen LogP contribution is -2.44. The van der Waals surface area contributed by atoms with Crippen LogP contribution in [-0.4, -0.2) is 48.9 Å². The highest BCUT2D eigenvalue weighted by molar-refractivity contribution is 5.89. The minimum Gasteiger partial charge on any atom is -0.369 e. The van der Waals surface area contributed by atoms with Crippen molar-refractivity contribution >= 4 is 17.8 Å². The van der Waals surface area contributed by atoms with Gasteiger partial charge in [-0.2, -0.15) is 0 Å². The Kier molecular flexibility index (Phi) is 3.14. The Morgan fingerprint density at radius 1 is 1.30 bits per heavy atom. The molecule has 3 aliphatic carbocycles. The second-order valence-corrected chi connectivity index (χ2v) is 7.13. The van der Waals surface area contributed by atoms with E-state index in [0.29, 0.717) is 26.2 Å². The van der Waals surface area contributed by atoms with Crippen LogP contribution in [0, 0.1) is 29.1 Å². The van der Waals surface area contributed by atoms with E-state index in [1.807, 2.05) is 0 Å². The number of carbonyl (C=O) groups is 3. The van der Waals surface area contributed by atoms with Crippen molar-refractivity contribution in [1.82, 2.24) is 15.5 Å². The summed E-state index contributed by atoms with van der Waals surface area (Å²) in [4.78, 5) is 37.7. The molecular formula is C16H22N4O3. The van der Waals surface area contributed by atoms with Crippen LogP contribution in [0.5, 0.6) is 0 Å². The Bertz CT molecular complexity index is 598. The monoisotopic (exact) mass is 318 g/mol. The Morgan fingerprint density at radius 3 is 2.57 bits per heavy atom. The summed E-state index contributed by atoms with van der Waals surface area (Å²) in [5, 5.41) is 5.63. The van der Waals surface area contributed by atoms with Crippen LogP contribution in [0.15, 0.2) is 12.2 Å². The molecule has 0 aromatic carbocycles. The summed E-state index contributed by atoms with van der Waals surface area (Å²) in [6, 6.07) is -0.0888. The molecule has 1 spiro atoms. The topological polar surface area (TPSA) is 105 Å². The van der Waals surface area contributed by atoms with E-state index < -0.39 is 0 Å². The van der Waals surface area contributed by atoms with Gasteiger partial charge in [-0.1, -0.05) is 12.2 Å². The first-order valence-electron chi connectivity index (χ1n) is 8.33. The summed E-state index contributed by atoms with van der Waals surface area (Å²) in [6.07, 6.45) is 6.36. The number of nitrogens with two attached hydrogens (primary N) is 1. The number of primary amides is 1. The Hall–Kier alpha value is -2.05. The fourth-order valence-electron chi connectivity index (χ4n) is 4.89. The molecule has 2 unspecified atom stereocenters. The van der Waals surface area contributed by atoms with Crippen LogP contribution in [0.1, 0.15) is 12.8 Å². The van der Waals surface area contributed by atoms with Crippen LogP contribution < -0.4 is 16.4 Å². The van der Waals surface area contributed by atoms with Crippen LogP contribution in [0.4, 0.5) is 4.79 Å². The second-order valence-electron chi connectivity index (χ2n) is 7.13. The van der Waals surface area contributed by atoms with Crippen LogP contribution in [0.2, 0.25) is 0 Å². The third-order valence-electron chi connectivity index (χ3n) is 6.10. The third kappa shape index (κ3) is 2.05. The molecule has 0 aromatic rings. The average molecular weight is 318 g/mol. The van der Waals surface area contributed by atoms with Crippen molar-refractivity contribution in [2.45, 2.75) is 12.8 Å². The maximum absolute atomic E-state index is 12.6. The first-order valence-corrected chi connectivity index (χ1v) is 8.33. The standard InChI is InChI=1S/C16H22N4O3/c17-13(21)11-9-1-2-10(16(9)3-4-16)12(11)14(22)18-5-7-20-8-6-19-15(20)23/h1-2,9-12H,3-8H2,(H2,17,21)(H,18,22)(H,19,23)/t9-,10+,11?,12?/m0/s1. The smallest absolute Gasteiger partial charge is 0.317 e. The third-order valence-corrected chi connectivity index (χ3v) is 6.10. The van der Waals surface area contributed by atoms with Gasteiger partial charge in [0.05, 0.1) is 11.8 Å². The van der Waals surface area contributed by atoms with Gasteiger partial charge in [0.1, 0.15) is 0 Å². The minimum atomic E-state index is -0.386. The fourth-order valence-corrected chi connectivity index (χ4v) is 4.89. The van der Waals surface area contributed by atoms with E-state index in [4.69, 9.17) is 5.73 Å². The van der Waals surface area contributed by atoms with Gasteiger partial charge < -0.3 is 21.3 Å². The molecule has 7 heteroatoms. The number of amides is 4. The maximum Gasteiger partial charge on any atom is 0.317 e. The van der Waals surface area contributed by atoms with Crippen LogP contribution in [-0.2, 0) is 9.59 Å². The highest BCUT2D eigenvalue weighted by Gasteiger charge is 2.69. The molecule has 7 nitrogen and oxygen atoms in total. The van der Waals surface area contributed by atoms with E-state index in [1.54, 1.807) is 4.90 Å². The molecule has 4 N–H and O–H groups in total. The van der Waals surface area contributed by atoms with Gasteiger partial charge in [0.15, 0.2) is 0 Å². The average Bonchev–Trinajstić information content (AvgIpc) is 3.01. The highest BCUT2D eigenvalue weighted by atomic mass is 16.2. The molecule has 3 fully saturated rings. The van der Waals surface area contributed by atoms with E-state index in [0.717, 1.165) is 12.8 Å². The summed E-state index contributed by atoms with van der Waals surface area (Å²) < 4.78 is 0. The lowest BCUT2D eigenvalue weighted by molar-refractivity contribution is -0.133. The molecule has 2 bridgehead atoms. The van der Waals surface area contributed by atoms with Crippen LogP contribution >= 0.6 is 0 Å². The van der Waals surface area contributed by atoms with E-state index in [2.05, 4.69) is 22.8 Å². The van der Waals surface area contributed by atoms with Crippen LogP contribution in [0.3, 0.4) is 0 Å². The first-order chi connectivity index (χ1) is 11.0. The molecule has 4 amide bonds. The zero-order valence-corrected chi connectivity index (χ0v) is 13.0. The zero-order valence-electron chi connectivity index (χ0n) is 13.0. The number of nitrogens with one attached hydrogen (secondary N) is 2. The number of hydrogen-bond donors (Lipinski definition) is 3. The van der Waals surface area contributed by atoms with Gasteiger partial charge >= 0.3 is 6.03 Å². The number of urea groups is 1. The predicted octanol–water partition coefficient (Wildman–Crippen LogP) is -0.558. The van der Waals surface area contributed by atoms with Crippen molar-refractivity contribution in [3.8, 4) is 0 Å². The molecule has 0 aromatic heterocycles. The maximum atomic E-state index is 12.6. The molecule has 124 valence electrons. The Balaban J connectivity index is 1.40. The molecule has 23 heavy (non-hydrogen) atoms. The molecule has 2 saturated carbocycles. The van der Waals surface area contributed by atoms with Gasteiger partial charge in [0.25, 0.3) is 0 Å². The van der Waals surface area contributed by atoms with Crippen molar-refractivity contribution < 1.29 is 14.4 Å². The molecule has 4 rings (SSSR count). The summed E-state index contributed by atoms with van der Waals surface area (Å²) in [5.74, 6) is -0.936. The number of carbonyl (C=O) groups excluding carboxylic acids is 3. The number of rotatable bonds is 5. The van der Waals surface area contributed by atoms with Crippen LogP contribution in [0.25, 0.3) is 0 Å². The molecule has 1 saturated heterocycles. The lowest BCUT2D eigenvalue weighted by Gasteiger charge is -2.25. The van der Waals surface area contributed by atoms with E-state index in [-0.39, 0.29) is 46.9 Å². The van der Waals surface area contributed by atoms with Gasteiger partial charge in [-0.3, -0.25) is 9.59 Å². The fraction of sp³-hybridized carbons (Fsp3) is 0.688. The minimum absolute atomic E-state index is 0.0888. The van der Waals surface area contributed by atoms with E-state index in [9.17, 15) is 14.4 Å². The SMILES string of the molecule is NC(=O)C1C(C(=O)NCCN2CCNC2=O)[C@H]2C=C[C@@H]1C21CC1. The largest absolute Gasteiger partial charge is 0.369 e. The van der Waals surface area contributed by atoms with Crippen molar-refractivity contribution in [1.29, 1.82) is 0 Å². The van der Waals surface area contributed by atoms with Crippen molar-refractivity contribution in [2.75, 3.05) is 26.2 Å². The van der Waals surface area contributed by atoms with Crippen molar-refractivity contribution in [2.24, 2.45) is 34.8 Å². The summed E-state index contributed by atoms with van der Waals surface area (Å²) in [6.45, 7) is 2.21. The van der Waals surface area contributed by atoms with Crippen molar-refractivity contribution in [3.05, 3.63) is 12.2 Å². The van der Waals surface area contributed by atoms with Gasteiger partial charge in [0.2, 0.25) is 11.8 Å². The molecule has 4 aliphatic rings. The quantitative estimate of drug-likeness (QED) is 0.592. The van der Waals surface area contributed by atoms with E-state index >= 15 is 0 Å². The lowest BCUT2D eigenvalue weighted by atomic mass is 9.82. The van der Waals surface area contributed by atoms with Gasteiger partial charge in [0, 0.05) is 26.2 Å². The number of hydrogen-bond acceptors (Lipinski definition) is 3. The summed E-state index contributed by atoms with van der Waals surface area (Å²) in [7, 11) is 0. The van der Waals surface area contributed by atoms with E-state index in [1.165, 1.54) is 0 Å². The number of nitrogens with zero attached hydrogens (tertiary/aromatic N) is 1. The Morgan fingerprint density at radius 2 is 2.00 bits per heavy atom. The first kappa shape index (κ1) is 14.5. The summed E-state index contributed by atoms with van der Waals surface area (Å²) >= 11 is 0. The summed E-state index contributed by atoms with van der Waals surface area (Å²) in [5.41, 5.74) is 5.72. The molecule has 1 heterocycles. The second kappa shape index (κ2) is 4.97. The normalized spacial score (nSPS) is 35.7. The number of allylic oxidation sites excluding steroid dienone is 2. The molecule has 4 atom stereocenters. The zero-order chi connectivity index (χ0) is 16.2. The Labute approximate surface area is 134 Å². The van der Waals surface area contributed by atoms with Crippen molar-refractivity contribution in [3.63, 3.8) is 0 Å². The van der Waals surface area contributed by atoms with Gasteiger partial charge in [-0.05, 0) is 30.1 Å². The highest BCUT2D eigenvalue weighted by Crippen LogP contribution is 2.71. The van der Waals surface area contributed by atoms with Gasteiger partial charge in [-0.25, -0.2) is 4.79 Å². The van der Waals surface area contributed by atoms with Gasteiger partial charge in [-0.15, -0.1) is 0 Å². The molecule has 0 radical (unpaired) electrons. The predicted molar refractivity (Wildman–Crippen MR) is 81.9 cm³/mol.